The molecule has 0 aromatic rings. The first-order valence-electron chi connectivity index (χ1n) is 14.8. The summed E-state index contributed by atoms with van der Waals surface area (Å²) in [6.07, 6.45) is -4.64. The van der Waals surface area contributed by atoms with Crippen LogP contribution >= 0.6 is 0 Å². The molecule has 0 aromatic carbocycles. The second-order valence-corrected chi connectivity index (χ2v) is 13.0. The molecule has 232 valence electrons. The van der Waals surface area contributed by atoms with Gasteiger partial charge in [-0.25, -0.2) is 0 Å². The molecule has 8 unspecified atom stereocenters. The van der Waals surface area contributed by atoms with Crippen molar-refractivity contribution in [1.82, 2.24) is 0 Å². The minimum absolute atomic E-state index is 0.0510. The summed E-state index contributed by atoms with van der Waals surface area (Å²) in [6, 6.07) is 0. The van der Waals surface area contributed by atoms with Gasteiger partial charge in [0.2, 0.25) is 12.6 Å². The molecule has 12 atom stereocenters. The zero-order chi connectivity index (χ0) is 30.0. The Hall–Kier alpha value is -1.24. The lowest BCUT2D eigenvalue weighted by atomic mass is 9.43. The SMILES string of the molecule is C=C1C[C@@]2(C)CCC3[C@@H](C)CCC[C@@]3(C)[C@@H]2CC1OC(O)/C(OC(O)C(O)C(O)C(O)CC)=C(/O)C(O)CCO. The highest BCUT2D eigenvalue weighted by Gasteiger charge is 2.58. The molecule has 8 N–H and O–H groups in total. The van der Waals surface area contributed by atoms with Crippen molar-refractivity contribution in [3.05, 3.63) is 23.7 Å². The average molecular weight is 573 g/mol. The molecule has 0 aromatic heterocycles. The average Bonchev–Trinajstić information content (AvgIpc) is 2.90. The van der Waals surface area contributed by atoms with E-state index in [9.17, 15) is 40.9 Å². The van der Waals surface area contributed by atoms with Crippen LogP contribution in [0, 0.1) is 28.6 Å². The smallest absolute Gasteiger partial charge is 0.226 e. The molecule has 3 aliphatic carbocycles. The number of hydrogen-bond donors (Lipinski definition) is 8. The fourth-order valence-electron chi connectivity index (χ4n) is 8.00. The quantitative estimate of drug-likeness (QED) is 0.0981. The Kier molecular flexibility index (Phi) is 11.1. The van der Waals surface area contributed by atoms with Gasteiger partial charge < -0.3 is 50.3 Å². The highest BCUT2D eigenvalue weighted by Crippen LogP contribution is 2.65. The predicted octanol–water partition coefficient (Wildman–Crippen LogP) is 2.24. The highest BCUT2D eigenvalue weighted by atomic mass is 16.7. The maximum absolute atomic E-state index is 11.1. The van der Waals surface area contributed by atoms with Crippen molar-refractivity contribution in [2.45, 2.75) is 129 Å². The Bertz CT molecular complexity index is 894. The third kappa shape index (κ3) is 6.70. The molecular formula is C30H52O10. The van der Waals surface area contributed by atoms with Crippen molar-refractivity contribution in [2.24, 2.45) is 28.6 Å². The molecule has 10 nitrogen and oxygen atoms in total. The van der Waals surface area contributed by atoms with Gasteiger partial charge >= 0.3 is 0 Å². The van der Waals surface area contributed by atoms with Gasteiger partial charge in [-0.15, -0.1) is 0 Å². The van der Waals surface area contributed by atoms with Crippen LogP contribution in [0.1, 0.15) is 85.5 Å². The van der Waals surface area contributed by atoms with E-state index in [2.05, 4.69) is 27.4 Å². The number of hydrogen-bond acceptors (Lipinski definition) is 10. The van der Waals surface area contributed by atoms with Crippen LogP contribution in [-0.4, -0.2) is 90.6 Å². The summed E-state index contributed by atoms with van der Waals surface area (Å²) < 4.78 is 11.3. The van der Waals surface area contributed by atoms with E-state index in [0.29, 0.717) is 30.6 Å². The number of ether oxygens (including phenoxy) is 2. The molecule has 0 spiro atoms. The maximum atomic E-state index is 11.1. The Morgan fingerprint density at radius 3 is 2.35 bits per heavy atom. The van der Waals surface area contributed by atoms with Gasteiger partial charge in [0.05, 0.1) is 12.2 Å². The molecular weight excluding hydrogens is 520 g/mol. The number of rotatable bonds is 12. The van der Waals surface area contributed by atoms with Crippen LogP contribution in [0.3, 0.4) is 0 Å². The number of aliphatic hydroxyl groups is 8. The topological polar surface area (TPSA) is 180 Å². The molecule has 10 heteroatoms. The minimum Gasteiger partial charge on any atom is -0.506 e. The normalized spacial score (nSPS) is 37.7. The van der Waals surface area contributed by atoms with E-state index >= 15 is 0 Å². The first kappa shape index (κ1) is 33.3. The molecule has 3 rings (SSSR count). The van der Waals surface area contributed by atoms with Crippen molar-refractivity contribution >= 4 is 0 Å². The molecule has 3 fully saturated rings. The summed E-state index contributed by atoms with van der Waals surface area (Å²) in [4.78, 5) is 0. The predicted molar refractivity (Wildman–Crippen MR) is 147 cm³/mol. The van der Waals surface area contributed by atoms with Crippen molar-refractivity contribution in [3.8, 4) is 0 Å². The molecule has 3 saturated carbocycles. The third-order valence-electron chi connectivity index (χ3n) is 10.3. The lowest BCUT2D eigenvalue weighted by Gasteiger charge is -2.62. The van der Waals surface area contributed by atoms with Crippen LogP contribution < -0.4 is 0 Å². The Morgan fingerprint density at radius 1 is 1.05 bits per heavy atom. The van der Waals surface area contributed by atoms with Gasteiger partial charge in [0, 0.05) is 13.0 Å². The van der Waals surface area contributed by atoms with Gasteiger partial charge in [-0.05, 0) is 72.7 Å². The molecule has 0 heterocycles. The Morgan fingerprint density at radius 2 is 1.73 bits per heavy atom. The fourth-order valence-corrected chi connectivity index (χ4v) is 8.00. The van der Waals surface area contributed by atoms with Crippen LogP contribution in [0.15, 0.2) is 23.7 Å². The molecule has 0 amide bonds. The summed E-state index contributed by atoms with van der Waals surface area (Å²) in [6.45, 7) is 12.4. The van der Waals surface area contributed by atoms with E-state index in [1.807, 2.05) is 0 Å². The van der Waals surface area contributed by atoms with Crippen molar-refractivity contribution in [2.75, 3.05) is 6.61 Å². The summed E-state index contributed by atoms with van der Waals surface area (Å²) in [7, 11) is 0. The highest BCUT2D eigenvalue weighted by molar-refractivity contribution is 5.18. The van der Waals surface area contributed by atoms with Gasteiger partial charge in [0.15, 0.2) is 11.5 Å². The zero-order valence-corrected chi connectivity index (χ0v) is 24.4. The van der Waals surface area contributed by atoms with Gasteiger partial charge in [-0.2, -0.15) is 0 Å². The monoisotopic (exact) mass is 572 g/mol. The summed E-state index contributed by atoms with van der Waals surface area (Å²) in [5.41, 5.74) is 0.957. The van der Waals surface area contributed by atoms with Crippen molar-refractivity contribution < 1.29 is 50.3 Å². The second-order valence-electron chi connectivity index (χ2n) is 13.0. The minimum atomic E-state index is -2.19. The fraction of sp³-hybridized carbons (Fsp3) is 0.867. The first-order chi connectivity index (χ1) is 18.7. The van der Waals surface area contributed by atoms with E-state index in [1.54, 1.807) is 6.92 Å². The number of fused-ring (bicyclic) bond motifs is 3. The molecule has 40 heavy (non-hydrogen) atoms. The van der Waals surface area contributed by atoms with Gasteiger partial charge in [-0.3, -0.25) is 0 Å². The van der Waals surface area contributed by atoms with Crippen LogP contribution in [0.25, 0.3) is 0 Å². The summed E-state index contributed by atoms with van der Waals surface area (Å²) in [5, 5.41) is 82.0. The van der Waals surface area contributed by atoms with Gasteiger partial charge in [-0.1, -0.05) is 47.1 Å². The Balaban J connectivity index is 1.84. The number of aliphatic hydroxyl groups excluding tert-OH is 8. The van der Waals surface area contributed by atoms with E-state index in [4.69, 9.17) is 9.47 Å². The van der Waals surface area contributed by atoms with Gasteiger partial charge in [0.1, 0.15) is 18.3 Å². The van der Waals surface area contributed by atoms with Crippen LogP contribution in [0.5, 0.6) is 0 Å². The standard InChI is InChI=1S/C30H52O10/c1-6-19(32)23(34)25(36)27(37)40-26(24(35)20(33)10-13-31)28(38)39-21-14-22-29(4,15-17(21)3)12-9-18-16(2)8-7-11-30(18,22)5/h16,18-23,25,27-28,31-38H,3,6-15H2,1-2,4-5H3/b26-24-/t16-,18?,19?,20?,21?,22+,23?,25?,27?,28?,29+,30+/m0/s1. The summed E-state index contributed by atoms with van der Waals surface area (Å²) >= 11 is 0. The zero-order valence-electron chi connectivity index (χ0n) is 24.4. The lowest BCUT2D eigenvalue weighted by molar-refractivity contribution is -0.219. The first-order valence-corrected chi connectivity index (χ1v) is 14.8. The van der Waals surface area contributed by atoms with E-state index in [-0.39, 0.29) is 23.7 Å². The lowest BCUT2D eigenvalue weighted by Crippen LogP contribution is -2.55. The van der Waals surface area contributed by atoms with Gasteiger partial charge in [0.25, 0.3) is 0 Å². The van der Waals surface area contributed by atoms with Crippen LogP contribution in [0.2, 0.25) is 0 Å². The van der Waals surface area contributed by atoms with E-state index in [0.717, 1.165) is 18.4 Å². The largest absolute Gasteiger partial charge is 0.506 e. The molecule has 0 radical (unpaired) electrons. The Labute approximate surface area is 238 Å². The summed E-state index contributed by atoms with van der Waals surface area (Å²) in [5.74, 6) is -0.0968. The van der Waals surface area contributed by atoms with Crippen molar-refractivity contribution in [3.63, 3.8) is 0 Å². The van der Waals surface area contributed by atoms with Crippen molar-refractivity contribution in [1.29, 1.82) is 0 Å². The second kappa shape index (κ2) is 13.4. The van der Waals surface area contributed by atoms with E-state index in [1.165, 1.54) is 19.3 Å². The maximum Gasteiger partial charge on any atom is 0.226 e. The molecule has 0 saturated heterocycles. The van der Waals surface area contributed by atoms with Crippen LogP contribution in [-0.2, 0) is 9.47 Å². The van der Waals surface area contributed by atoms with E-state index < -0.39 is 61.2 Å². The molecule has 0 bridgehead atoms. The van der Waals surface area contributed by atoms with Crippen LogP contribution in [0.4, 0.5) is 0 Å². The molecule has 3 aliphatic rings. The third-order valence-corrected chi connectivity index (χ3v) is 10.3. The molecule has 0 aliphatic heterocycles.